The third kappa shape index (κ3) is 3.95. The Balaban J connectivity index is 1.47. The van der Waals surface area contributed by atoms with Crippen LogP contribution in [0.15, 0.2) is 0 Å². The minimum absolute atomic E-state index is 0.607. The van der Waals surface area contributed by atoms with Crippen molar-refractivity contribution in [2.75, 3.05) is 26.7 Å². The van der Waals surface area contributed by atoms with Crippen molar-refractivity contribution in [2.24, 2.45) is 11.3 Å². The summed E-state index contributed by atoms with van der Waals surface area (Å²) in [6, 6.07) is 0.873. The first-order valence-corrected chi connectivity index (χ1v) is 8.68. The fourth-order valence-corrected chi connectivity index (χ4v) is 4.43. The van der Waals surface area contributed by atoms with Crippen LogP contribution in [-0.2, 0) is 0 Å². The lowest BCUT2D eigenvalue weighted by atomic mass is 9.85. The van der Waals surface area contributed by atoms with E-state index >= 15 is 0 Å². The van der Waals surface area contributed by atoms with Gasteiger partial charge < -0.3 is 10.2 Å². The Hall–Kier alpha value is -0.0800. The smallest absolute Gasteiger partial charge is 0.00684 e. The molecule has 3 saturated carbocycles. The summed E-state index contributed by atoms with van der Waals surface area (Å²) in [4.78, 5) is 2.66. The van der Waals surface area contributed by atoms with E-state index in [1.165, 1.54) is 83.8 Å². The first-order chi connectivity index (χ1) is 9.26. The van der Waals surface area contributed by atoms with Gasteiger partial charge in [0.05, 0.1) is 0 Å². The van der Waals surface area contributed by atoms with Crippen LogP contribution in [0.3, 0.4) is 0 Å². The Morgan fingerprint density at radius 1 is 1.00 bits per heavy atom. The Labute approximate surface area is 119 Å². The second-order valence-electron chi connectivity index (χ2n) is 7.71. The van der Waals surface area contributed by atoms with Crippen LogP contribution < -0.4 is 5.32 Å². The minimum Gasteiger partial charge on any atom is -0.313 e. The number of hydrogen-bond donors (Lipinski definition) is 1. The minimum atomic E-state index is 0.607. The van der Waals surface area contributed by atoms with Gasteiger partial charge in [-0.2, -0.15) is 0 Å². The molecule has 2 heteroatoms. The van der Waals surface area contributed by atoms with Gasteiger partial charge in [0.1, 0.15) is 0 Å². The summed E-state index contributed by atoms with van der Waals surface area (Å²) in [7, 11) is 2.37. The van der Waals surface area contributed by atoms with E-state index in [1.807, 2.05) is 0 Å². The average molecular weight is 264 g/mol. The maximum atomic E-state index is 3.81. The lowest BCUT2D eigenvalue weighted by molar-refractivity contribution is 0.156. The van der Waals surface area contributed by atoms with Crippen LogP contribution in [0.1, 0.15) is 64.2 Å². The largest absolute Gasteiger partial charge is 0.313 e. The third-order valence-electron chi connectivity index (χ3n) is 5.66. The van der Waals surface area contributed by atoms with Crippen LogP contribution in [0.2, 0.25) is 0 Å². The molecular formula is C17H32N2. The summed E-state index contributed by atoms with van der Waals surface area (Å²) >= 11 is 0. The van der Waals surface area contributed by atoms with Crippen molar-refractivity contribution >= 4 is 0 Å². The molecule has 0 radical (unpaired) electrons. The van der Waals surface area contributed by atoms with Crippen molar-refractivity contribution < 1.29 is 0 Å². The van der Waals surface area contributed by atoms with E-state index in [0.29, 0.717) is 5.41 Å². The molecule has 3 rings (SSSR count). The number of nitrogens with zero attached hydrogens (tertiary/aromatic N) is 1. The quantitative estimate of drug-likeness (QED) is 0.758. The van der Waals surface area contributed by atoms with Crippen molar-refractivity contribution in [3.05, 3.63) is 0 Å². The molecular weight excluding hydrogens is 232 g/mol. The zero-order valence-corrected chi connectivity index (χ0v) is 12.8. The van der Waals surface area contributed by atoms with Crippen molar-refractivity contribution in [1.82, 2.24) is 10.2 Å². The normalized spacial score (nSPS) is 27.5. The van der Waals surface area contributed by atoms with E-state index in [-0.39, 0.29) is 0 Å². The van der Waals surface area contributed by atoms with E-state index in [2.05, 4.69) is 17.3 Å². The highest BCUT2D eigenvalue weighted by molar-refractivity contribution is 4.92. The molecule has 3 aliphatic rings. The molecule has 0 aromatic heterocycles. The predicted octanol–water partition coefficient (Wildman–Crippen LogP) is 3.42. The molecule has 3 aliphatic carbocycles. The fourth-order valence-electron chi connectivity index (χ4n) is 4.43. The number of nitrogens with one attached hydrogen (secondary N) is 1. The van der Waals surface area contributed by atoms with E-state index in [0.717, 1.165) is 12.0 Å². The van der Waals surface area contributed by atoms with Gasteiger partial charge in [-0.1, -0.05) is 25.7 Å². The molecule has 0 unspecified atom stereocenters. The number of hydrogen-bond acceptors (Lipinski definition) is 2. The lowest BCUT2D eigenvalue weighted by Crippen LogP contribution is -2.43. The SMILES string of the molecule is CN(CC1CCCC1)CC1(CNC2CC2)CCCC1. The third-order valence-corrected chi connectivity index (χ3v) is 5.66. The van der Waals surface area contributed by atoms with Gasteiger partial charge in [-0.25, -0.2) is 0 Å². The Bertz CT molecular complexity index is 273. The van der Waals surface area contributed by atoms with Crippen LogP contribution in [-0.4, -0.2) is 37.6 Å². The second-order valence-corrected chi connectivity index (χ2v) is 7.71. The molecule has 0 bridgehead atoms. The van der Waals surface area contributed by atoms with E-state index in [9.17, 15) is 0 Å². The molecule has 1 N–H and O–H groups in total. The first-order valence-electron chi connectivity index (χ1n) is 8.68. The highest BCUT2D eigenvalue weighted by atomic mass is 15.1. The molecule has 0 spiro atoms. The lowest BCUT2D eigenvalue weighted by Gasteiger charge is -2.35. The molecule has 0 heterocycles. The average Bonchev–Trinajstić information content (AvgIpc) is 2.87. The molecule has 0 aromatic rings. The van der Waals surface area contributed by atoms with E-state index in [4.69, 9.17) is 0 Å². The summed E-state index contributed by atoms with van der Waals surface area (Å²) in [6.45, 7) is 3.97. The molecule has 0 amide bonds. The Morgan fingerprint density at radius 3 is 2.32 bits per heavy atom. The molecule has 0 aromatic carbocycles. The summed E-state index contributed by atoms with van der Waals surface area (Å²) in [5.74, 6) is 1.000. The van der Waals surface area contributed by atoms with Crippen LogP contribution in [0.5, 0.6) is 0 Å². The summed E-state index contributed by atoms with van der Waals surface area (Å²) < 4.78 is 0. The van der Waals surface area contributed by atoms with Crippen LogP contribution in [0.4, 0.5) is 0 Å². The van der Waals surface area contributed by atoms with E-state index in [1.54, 1.807) is 0 Å². The number of rotatable bonds is 7. The van der Waals surface area contributed by atoms with Crippen molar-refractivity contribution in [3.8, 4) is 0 Å². The van der Waals surface area contributed by atoms with Crippen LogP contribution in [0.25, 0.3) is 0 Å². The Morgan fingerprint density at radius 2 is 1.68 bits per heavy atom. The molecule has 110 valence electrons. The van der Waals surface area contributed by atoms with Crippen LogP contribution in [0, 0.1) is 11.3 Å². The van der Waals surface area contributed by atoms with E-state index < -0.39 is 0 Å². The maximum Gasteiger partial charge on any atom is 0.00684 e. The van der Waals surface area contributed by atoms with Crippen LogP contribution >= 0.6 is 0 Å². The molecule has 0 aliphatic heterocycles. The molecule has 19 heavy (non-hydrogen) atoms. The van der Waals surface area contributed by atoms with Gasteiger partial charge in [0.2, 0.25) is 0 Å². The van der Waals surface area contributed by atoms with Gasteiger partial charge in [-0.15, -0.1) is 0 Å². The Kier molecular flexibility index (Phi) is 4.48. The van der Waals surface area contributed by atoms with Gasteiger partial charge in [0.15, 0.2) is 0 Å². The molecule has 3 fully saturated rings. The van der Waals surface area contributed by atoms with Gasteiger partial charge in [-0.05, 0) is 56.9 Å². The van der Waals surface area contributed by atoms with Gasteiger partial charge in [0, 0.05) is 25.7 Å². The zero-order valence-electron chi connectivity index (χ0n) is 12.8. The molecule has 0 saturated heterocycles. The summed E-state index contributed by atoms with van der Waals surface area (Å²) in [5.41, 5.74) is 0.607. The topological polar surface area (TPSA) is 15.3 Å². The standard InChI is InChI=1S/C17H32N2/c1-19(12-15-6-2-3-7-15)14-17(10-4-5-11-17)13-18-16-8-9-16/h15-16,18H,2-14H2,1H3. The fraction of sp³-hybridized carbons (Fsp3) is 1.00. The predicted molar refractivity (Wildman–Crippen MR) is 81.4 cm³/mol. The van der Waals surface area contributed by atoms with Crippen molar-refractivity contribution in [1.29, 1.82) is 0 Å². The van der Waals surface area contributed by atoms with Crippen molar-refractivity contribution in [3.63, 3.8) is 0 Å². The van der Waals surface area contributed by atoms with Gasteiger partial charge in [0.25, 0.3) is 0 Å². The molecule has 0 atom stereocenters. The highest BCUT2D eigenvalue weighted by Gasteiger charge is 2.36. The highest BCUT2D eigenvalue weighted by Crippen LogP contribution is 2.39. The zero-order chi connectivity index (χ0) is 13.1. The second kappa shape index (κ2) is 6.13. The maximum absolute atomic E-state index is 3.81. The summed E-state index contributed by atoms with van der Waals surface area (Å²) in [6.07, 6.45) is 14.6. The monoisotopic (exact) mass is 264 g/mol. The summed E-state index contributed by atoms with van der Waals surface area (Å²) in [5, 5.41) is 3.81. The molecule has 2 nitrogen and oxygen atoms in total. The van der Waals surface area contributed by atoms with Crippen molar-refractivity contribution in [2.45, 2.75) is 70.3 Å². The van der Waals surface area contributed by atoms with Gasteiger partial charge >= 0.3 is 0 Å². The first kappa shape index (κ1) is 13.9. The van der Waals surface area contributed by atoms with Gasteiger partial charge in [-0.3, -0.25) is 0 Å².